The van der Waals surface area contributed by atoms with E-state index < -0.39 is 24.2 Å². The topological polar surface area (TPSA) is 105 Å². The number of alkyl carbamates (subject to hydrolysis) is 1. The molecule has 34 heavy (non-hydrogen) atoms. The zero-order valence-corrected chi connectivity index (χ0v) is 19.0. The Morgan fingerprint density at radius 1 is 1.09 bits per heavy atom. The fourth-order valence-electron chi connectivity index (χ4n) is 5.25. The van der Waals surface area contributed by atoms with Crippen molar-refractivity contribution in [2.45, 2.75) is 31.4 Å². The maximum atomic E-state index is 12.9. The van der Waals surface area contributed by atoms with E-state index >= 15 is 0 Å². The summed E-state index contributed by atoms with van der Waals surface area (Å²) in [6.45, 7) is 2.82. The van der Waals surface area contributed by atoms with Crippen molar-refractivity contribution in [3.8, 4) is 11.1 Å². The number of amides is 2. The molecule has 2 aromatic rings. The van der Waals surface area contributed by atoms with Crippen LogP contribution in [0.3, 0.4) is 0 Å². The molecular weight excluding hydrogens is 436 g/mol. The number of carbonyl (C=O) groups is 3. The molecule has 8 heteroatoms. The van der Waals surface area contributed by atoms with Crippen molar-refractivity contribution in [1.29, 1.82) is 0 Å². The number of ether oxygens (including phenoxy) is 2. The van der Waals surface area contributed by atoms with Gasteiger partial charge in [-0.1, -0.05) is 48.5 Å². The number of carboxylic acids is 1. The van der Waals surface area contributed by atoms with Crippen LogP contribution in [0.1, 0.15) is 30.4 Å². The summed E-state index contributed by atoms with van der Waals surface area (Å²) in [6, 6.07) is 15.3. The molecule has 0 spiro atoms. The van der Waals surface area contributed by atoms with E-state index in [2.05, 4.69) is 29.6 Å². The second kappa shape index (κ2) is 9.10. The van der Waals surface area contributed by atoms with Crippen LogP contribution in [0.5, 0.6) is 0 Å². The summed E-state index contributed by atoms with van der Waals surface area (Å²) in [5.41, 5.74) is 4.64. The highest BCUT2D eigenvalue weighted by atomic mass is 16.5. The minimum Gasteiger partial charge on any atom is -0.480 e. The average Bonchev–Trinajstić information content (AvgIpc) is 3.55. The Hall–Kier alpha value is -3.39. The van der Waals surface area contributed by atoms with Gasteiger partial charge in [0.25, 0.3) is 0 Å². The molecule has 1 aliphatic heterocycles. The van der Waals surface area contributed by atoms with Gasteiger partial charge in [0.15, 0.2) is 6.04 Å². The van der Waals surface area contributed by atoms with Crippen LogP contribution in [0, 0.1) is 11.8 Å². The van der Waals surface area contributed by atoms with Crippen molar-refractivity contribution in [1.82, 2.24) is 10.2 Å². The van der Waals surface area contributed by atoms with Gasteiger partial charge in [-0.2, -0.15) is 0 Å². The van der Waals surface area contributed by atoms with Crippen LogP contribution >= 0.6 is 0 Å². The lowest BCUT2D eigenvalue weighted by atomic mass is 9.98. The van der Waals surface area contributed by atoms with E-state index in [9.17, 15) is 19.5 Å². The highest BCUT2D eigenvalue weighted by Crippen LogP contribution is 2.44. The zero-order chi connectivity index (χ0) is 23.8. The van der Waals surface area contributed by atoms with Gasteiger partial charge < -0.3 is 24.8 Å². The van der Waals surface area contributed by atoms with Crippen LogP contribution in [-0.2, 0) is 19.1 Å². The van der Waals surface area contributed by atoms with E-state index in [1.54, 1.807) is 6.92 Å². The number of carbonyl (C=O) groups excluding carboxylic acids is 2. The number of morpholine rings is 1. The van der Waals surface area contributed by atoms with Gasteiger partial charge in [-0.25, -0.2) is 9.59 Å². The molecule has 1 saturated heterocycles. The van der Waals surface area contributed by atoms with Gasteiger partial charge in [0, 0.05) is 24.9 Å². The van der Waals surface area contributed by atoms with Crippen molar-refractivity contribution in [3.05, 3.63) is 59.7 Å². The molecule has 2 fully saturated rings. The third-order valence-electron chi connectivity index (χ3n) is 7.12. The van der Waals surface area contributed by atoms with Gasteiger partial charge in [0.05, 0.1) is 12.7 Å². The van der Waals surface area contributed by atoms with Crippen LogP contribution in [0.4, 0.5) is 4.79 Å². The highest BCUT2D eigenvalue weighted by molar-refractivity contribution is 5.87. The SMILES string of the molecule is CC1OCCN(C(=O)[C@@H]2C[C@@H]2CNC(=O)OCC2c3ccccc3-c3ccccc32)C1C(=O)O. The molecule has 2 amide bonds. The molecule has 2 aliphatic carbocycles. The summed E-state index contributed by atoms with van der Waals surface area (Å²) in [5, 5.41) is 12.3. The first-order valence-electron chi connectivity index (χ1n) is 11.7. The van der Waals surface area contributed by atoms with Crippen molar-refractivity contribution in [2.24, 2.45) is 11.8 Å². The van der Waals surface area contributed by atoms with E-state index in [0.717, 1.165) is 11.1 Å². The standard InChI is InChI=1S/C26H28N2O6/c1-15-23(25(30)31)28(10-11-33-15)24(29)21-12-16(21)13-27-26(32)34-14-22-19-8-4-2-6-17(19)18-7-3-5-9-20(18)22/h2-9,15-16,21-23H,10-14H2,1H3,(H,27,32)(H,30,31)/t15?,16-,21-,23?/m1/s1. The number of fused-ring (bicyclic) bond motifs is 3. The molecule has 0 radical (unpaired) electrons. The first-order chi connectivity index (χ1) is 16.5. The molecule has 1 heterocycles. The number of nitrogens with one attached hydrogen (secondary N) is 1. The van der Waals surface area contributed by atoms with Gasteiger partial charge in [0.1, 0.15) is 6.61 Å². The predicted molar refractivity (Wildman–Crippen MR) is 123 cm³/mol. The Balaban J connectivity index is 1.13. The maximum absolute atomic E-state index is 12.9. The van der Waals surface area contributed by atoms with Gasteiger partial charge in [-0.3, -0.25) is 4.79 Å². The Morgan fingerprint density at radius 2 is 1.74 bits per heavy atom. The predicted octanol–water partition coefficient (Wildman–Crippen LogP) is 2.86. The maximum Gasteiger partial charge on any atom is 0.407 e. The number of carboxylic acid groups (broad SMARTS) is 1. The average molecular weight is 465 g/mol. The second-order valence-electron chi connectivity index (χ2n) is 9.20. The molecule has 2 N–H and O–H groups in total. The summed E-state index contributed by atoms with van der Waals surface area (Å²) >= 11 is 0. The summed E-state index contributed by atoms with van der Waals surface area (Å²) in [7, 11) is 0. The quantitative estimate of drug-likeness (QED) is 0.681. The summed E-state index contributed by atoms with van der Waals surface area (Å²) in [6.07, 6.45) is -0.435. The number of rotatable bonds is 6. The van der Waals surface area contributed by atoms with Gasteiger partial charge in [-0.15, -0.1) is 0 Å². The first kappa shape index (κ1) is 22.4. The molecular formula is C26H28N2O6. The van der Waals surface area contributed by atoms with Gasteiger partial charge >= 0.3 is 12.1 Å². The fourth-order valence-corrected chi connectivity index (χ4v) is 5.25. The van der Waals surface area contributed by atoms with Crippen LogP contribution in [-0.4, -0.2) is 66.4 Å². The lowest BCUT2D eigenvalue weighted by Crippen LogP contribution is -2.57. The smallest absolute Gasteiger partial charge is 0.407 e. The van der Waals surface area contributed by atoms with Crippen molar-refractivity contribution < 1.29 is 29.0 Å². The number of nitrogens with zero attached hydrogens (tertiary/aromatic N) is 1. The van der Waals surface area contributed by atoms with Crippen molar-refractivity contribution in [2.75, 3.05) is 26.3 Å². The molecule has 3 aliphatic rings. The van der Waals surface area contributed by atoms with Crippen LogP contribution < -0.4 is 5.32 Å². The molecule has 2 unspecified atom stereocenters. The second-order valence-corrected chi connectivity index (χ2v) is 9.20. The van der Waals surface area contributed by atoms with Crippen LogP contribution in [0.15, 0.2) is 48.5 Å². The minimum atomic E-state index is -1.06. The van der Waals surface area contributed by atoms with E-state index in [1.807, 2.05) is 24.3 Å². The third-order valence-corrected chi connectivity index (χ3v) is 7.12. The lowest BCUT2D eigenvalue weighted by molar-refractivity contribution is -0.165. The summed E-state index contributed by atoms with van der Waals surface area (Å²) < 4.78 is 11.0. The van der Waals surface area contributed by atoms with Crippen LogP contribution in [0.2, 0.25) is 0 Å². The summed E-state index contributed by atoms with van der Waals surface area (Å²) in [4.78, 5) is 38.3. The first-order valence-corrected chi connectivity index (χ1v) is 11.7. The largest absolute Gasteiger partial charge is 0.480 e. The van der Waals surface area contributed by atoms with E-state index in [1.165, 1.54) is 16.0 Å². The highest BCUT2D eigenvalue weighted by Gasteiger charge is 2.49. The Labute approximate surface area is 197 Å². The van der Waals surface area contributed by atoms with Crippen LogP contribution in [0.25, 0.3) is 11.1 Å². The van der Waals surface area contributed by atoms with Gasteiger partial charge in [0.2, 0.25) is 5.91 Å². The Bertz CT molecular complexity index is 1070. The number of hydrogen-bond acceptors (Lipinski definition) is 5. The molecule has 0 bridgehead atoms. The van der Waals surface area contributed by atoms with Gasteiger partial charge in [-0.05, 0) is 41.5 Å². The van der Waals surface area contributed by atoms with E-state index in [4.69, 9.17) is 9.47 Å². The minimum absolute atomic E-state index is 0.00957. The fraction of sp³-hybridized carbons (Fsp3) is 0.423. The zero-order valence-electron chi connectivity index (χ0n) is 19.0. The normalized spacial score (nSPS) is 25.3. The molecule has 4 atom stereocenters. The lowest BCUT2D eigenvalue weighted by Gasteiger charge is -2.37. The molecule has 2 aromatic carbocycles. The van der Waals surface area contributed by atoms with E-state index in [-0.39, 0.29) is 36.8 Å². The molecule has 178 valence electrons. The molecule has 5 rings (SSSR count). The third kappa shape index (κ3) is 4.14. The number of hydrogen-bond donors (Lipinski definition) is 2. The van der Waals surface area contributed by atoms with E-state index in [0.29, 0.717) is 19.6 Å². The monoisotopic (exact) mass is 464 g/mol. The summed E-state index contributed by atoms with van der Waals surface area (Å²) in [5.74, 6) is -1.54. The molecule has 8 nitrogen and oxygen atoms in total. The number of benzene rings is 2. The van der Waals surface area contributed by atoms with Crippen molar-refractivity contribution >= 4 is 18.0 Å². The molecule has 1 saturated carbocycles. The molecule has 0 aromatic heterocycles. The Morgan fingerprint density at radius 3 is 2.38 bits per heavy atom. The number of aliphatic carboxylic acids is 1. The Kier molecular flexibility index (Phi) is 6.00. The van der Waals surface area contributed by atoms with Crippen molar-refractivity contribution in [3.63, 3.8) is 0 Å².